The molecule has 0 atom stereocenters. The molecule has 1 saturated heterocycles. The number of imidazole rings is 1. The highest BCUT2D eigenvalue weighted by atomic mass is 16.5. The molecule has 34 heavy (non-hydrogen) atoms. The normalized spacial score (nSPS) is 13.8. The lowest BCUT2D eigenvalue weighted by atomic mass is 10.2. The van der Waals surface area contributed by atoms with Gasteiger partial charge in [0.05, 0.1) is 24.7 Å². The molecule has 0 saturated carbocycles. The third kappa shape index (κ3) is 4.69. The Labute approximate surface area is 199 Å². The van der Waals surface area contributed by atoms with Crippen molar-refractivity contribution < 1.29 is 9.53 Å². The van der Waals surface area contributed by atoms with Gasteiger partial charge in [0.1, 0.15) is 5.75 Å². The number of nitrogens with zero attached hydrogens (tertiary/aromatic N) is 4. The average molecular weight is 456 g/mol. The molecule has 0 spiro atoms. The Morgan fingerprint density at radius 3 is 2.44 bits per heavy atom. The molecule has 174 valence electrons. The van der Waals surface area contributed by atoms with Crippen LogP contribution >= 0.6 is 0 Å². The molecule has 7 heteroatoms. The van der Waals surface area contributed by atoms with Crippen LogP contribution in [0.25, 0.3) is 11.0 Å². The Bertz CT molecular complexity index is 1260. The number of carbonyl (C=O) groups excluding carboxylic acids is 1. The summed E-state index contributed by atoms with van der Waals surface area (Å²) in [7, 11) is 1.64. The number of carbonyl (C=O) groups is 1. The quantitative estimate of drug-likeness (QED) is 0.475. The summed E-state index contributed by atoms with van der Waals surface area (Å²) < 4.78 is 7.55. The molecule has 4 aromatic rings. The maximum atomic E-state index is 12.8. The van der Waals surface area contributed by atoms with Crippen LogP contribution in [0.2, 0.25) is 0 Å². The highest BCUT2D eigenvalue weighted by Crippen LogP contribution is 2.25. The summed E-state index contributed by atoms with van der Waals surface area (Å²) >= 11 is 0. The van der Waals surface area contributed by atoms with Gasteiger partial charge < -0.3 is 24.4 Å². The lowest BCUT2D eigenvalue weighted by Crippen LogP contribution is -2.52. The highest BCUT2D eigenvalue weighted by Gasteiger charge is 2.25. The van der Waals surface area contributed by atoms with E-state index in [1.165, 1.54) is 5.56 Å². The second-order valence-corrected chi connectivity index (χ2v) is 8.46. The summed E-state index contributed by atoms with van der Waals surface area (Å²) in [5.41, 5.74) is 4.37. The van der Waals surface area contributed by atoms with Crippen molar-refractivity contribution in [3.63, 3.8) is 0 Å². The van der Waals surface area contributed by atoms with E-state index in [0.717, 1.165) is 47.9 Å². The van der Waals surface area contributed by atoms with Crippen LogP contribution in [0.3, 0.4) is 0 Å². The molecule has 0 aliphatic carbocycles. The third-order valence-electron chi connectivity index (χ3n) is 6.25. The van der Waals surface area contributed by atoms with E-state index in [2.05, 4.69) is 57.2 Å². The van der Waals surface area contributed by atoms with Crippen LogP contribution in [-0.4, -0.2) is 53.8 Å². The zero-order valence-corrected chi connectivity index (χ0v) is 19.4. The first-order valence-electron chi connectivity index (χ1n) is 11.6. The van der Waals surface area contributed by atoms with Gasteiger partial charge in [0.25, 0.3) is 0 Å². The number of nitrogens with one attached hydrogen (secondary N) is 1. The highest BCUT2D eigenvalue weighted by molar-refractivity contribution is 5.79. The van der Waals surface area contributed by atoms with E-state index in [1.54, 1.807) is 7.11 Å². The van der Waals surface area contributed by atoms with Crippen LogP contribution in [0.5, 0.6) is 5.75 Å². The van der Waals surface area contributed by atoms with E-state index in [4.69, 9.17) is 9.72 Å². The monoisotopic (exact) mass is 455 g/mol. The molecule has 1 aromatic heterocycles. The van der Waals surface area contributed by atoms with Gasteiger partial charge >= 0.3 is 6.03 Å². The molecule has 0 bridgehead atoms. The van der Waals surface area contributed by atoms with Crippen LogP contribution in [0, 0.1) is 0 Å². The number of urea groups is 1. The Kier molecular flexibility index (Phi) is 6.33. The maximum Gasteiger partial charge on any atom is 0.317 e. The van der Waals surface area contributed by atoms with Gasteiger partial charge in [0.15, 0.2) is 0 Å². The molecular formula is C27H29N5O2. The van der Waals surface area contributed by atoms with Crippen LogP contribution in [0.15, 0.2) is 78.9 Å². The van der Waals surface area contributed by atoms with E-state index < -0.39 is 0 Å². The molecule has 5 rings (SSSR count). The maximum absolute atomic E-state index is 12.8. The van der Waals surface area contributed by atoms with Crippen LogP contribution < -0.4 is 15.0 Å². The van der Waals surface area contributed by atoms with Gasteiger partial charge in [-0.3, -0.25) is 0 Å². The molecule has 1 aliphatic heterocycles. The van der Waals surface area contributed by atoms with Crippen molar-refractivity contribution in [3.05, 3.63) is 90.0 Å². The van der Waals surface area contributed by atoms with Gasteiger partial charge in [-0.1, -0.05) is 54.6 Å². The van der Waals surface area contributed by atoms with Crippen molar-refractivity contribution in [2.75, 3.05) is 38.2 Å². The Morgan fingerprint density at radius 1 is 0.912 bits per heavy atom. The Hall–Kier alpha value is -4.00. The Balaban J connectivity index is 1.26. The molecule has 0 unspecified atom stereocenters. The van der Waals surface area contributed by atoms with Crippen LogP contribution in [0.1, 0.15) is 11.1 Å². The summed E-state index contributed by atoms with van der Waals surface area (Å²) in [5, 5.41) is 3.03. The summed E-state index contributed by atoms with van der Waals surface area (Å²) in [6.45, 7) is 4.02. The van der Waals surface area contributed by atoms with E-state index in [9.17, 15) is 4.79 Å². The number of aromatic nitrogens is 2. The smallest absolute Gasteiger partial charge is 0.317 e. The van der Waals surface area contributed by atoms with Crippen LogP contribution in [-0.2, 0) is 13.1 Å². The average Bonchev–Trinajstić information content (AvgIpc) is 3.26. The predicted molar refractivity (Wildman–Crippen MR) is 134 cm³/mol. The summed E-state index contributed by atoms with van der Waals surface area (Å²) in [4.78, 5) is 21.9. The molecule has 1 fully saturated rings. The zero-order valence-electron chi connectivity index (χ0n) is 19.4. The minimum Gasteiger partial charge on any atom is -0.497 e. The molecular weight excluding hydrogens is 426 g/mol. The van der Waals surface area contributed by atoms with Gasteiger partial charge in [0.2, 0.25) is 5.95 Å². The minimum absolute atomic E-state index is 0.0414. The summed E-state index contributed by atoms with van der Waals surface area (Å²) in [5.74, 6) is 1.75. The van der Waals surface area contributed by atoms with Crippen molar-refractivity contribution in [1.29, 1.82) is 0 Å². The van der Waals surface area contributed by atoms with Gasteiger partial charge in [-0.15, -0.1) is 0 Å². The number of piperazine rings is 1. The number of methoxy groups -OCH3 is 1. The summed E-state index contributed by atoms with van der Waals surface area (Å²) in [6, 6.07) is 26.4. The van der Waals surface area contributed by atoms with Crippen molar-refractivity contribution >= 4 is 23.0 Å². The molecule has 0 radical (unpaired) electrons. The standard InChI is InChI=1S/C27H29N5O2/c1-34-23-11-7-10-22(18-23)19-28-27(33)31-16-14-30(15-17-31)26-29-24-12-5-6-13-25(24)32(26)20-21-8-3-2-4-9-21/h2-13,18H,14-17,19-20H2,1H3,(H,28,33). The topological polar surface area (TPSA) is 62.6 Å². The number of hydrogen-bond donors (Lipinski definition) is 1. The number of rotatable bonds is 6. The first-order valence-corrected chi connectivity index (χ1v) is 11.6. The minimum atomic E-state index is -0.0414. The van der Waals surface area contributed by atoms with Gasteiger partial charge in [0, 0.05) is 32.7 Å². The van der Waals surface area contributed by atoms with Gasteiger partial charge in [-0.25, -0.2) is 9.78 Å². The lowest BCUT2D eigenvalue weighted by molar-refractivity contribution is 0.193. The van der Waals surface area contributed by atoms with Crippen molar-refractivity contribution in [1.82, 2.24) is 19.8 Å². The molecule has 3 aromatic carbocycles. The number of ether oxygens (including phenoxy) is 1. The fourth-order valence-corrected chi connectivity index (χ4v) is 4.41. The molecule has 2 amide bonds. The first kappa shape index (κ1) is 21.8. The van der Waals surface area contributed by atoms with E-state index >= 15 is 0 Å². The predicted octanol–water partition coefficient (Wildman–Crippen LogP) is 4.13. The zero-order chi connectivity index (χ0) is 23.3. The largest absolute Gasteiger partial charge is 0.497 e. The number of amides is 2. The van der Waals surface area contributed by atoms with E-state index in [-0.39, 0.29) is 6.03 Å². The third-order valence-corrected chi connectivity index (χ3v) is 6.25. The fourth-order valence-electron chi connectivity index (χ4n) is 4.41. The molecule has 2 heterocycles. The SMILES string of the molecule is COc1cccc(CNC(=O)N2CCN(c3nc4ccccc4n3Cc3ccccc3)CC2)c1. The Morgan fingerprint density at radius 2 is 1.65 bits per heavy atom. The second kappa shape index (κ2) is 9.87. The van der Waals surface area contributed by atoms with E-state index in [1.807, 2.05) is 41.3 Å². The summed E-state index contributed by atoms with van der Waals surface area (Å²) in [6.07, 6.45) is 0. The van der Waals surface area contributed by atoms with Crippen molar-refractivity contribution in [3.8, 4) is 5.75 Å². The van der Waals surface area contributed by atoms with E-state index in [0.29, 0.717) is 19.6 Å². The lowest BCUT2D eigenvalue weighted by Gasteiger charge is -2.35. The molecule has 1 N–H and O–H groups in total. The first-order chi connectivity index (χ1) is 16.7. The molecule has 1 aliphatic rings. The number of anilines is 1. The fraction of sp³-hybridized carbons (Fsp3) is 0.259. The van der Waals surface area contributed by atoms with Crippen molar-refractivity contribution in [2.24, 2.45) is 0 Å². The molecule has 7 nitrogen and oxygen atoms in total. The van der Waals surface area contributed by atoms with Crippen molar-refractivity contribution in [2.45, 2.75) is 13.1 Å². The number of benzene rings is 3. The van der Waals surface area contributed by atoms with Crippen LogP contribution in [0.4, 0.5) is 10.7 Å². The number of hydrogen-bond acceptors (Lipinski definition) is 4. The van der Waals surface area contributed by atoms with Gasteiger partial charge in [-0.2, -0.15) is 0 Å². The van der Waals surface area contributed by atoms with Gasteiger partial charge in [-0.05, 0) is 35.4 Å². The number of para-hydroxylation sites is 2. The second-order valence-electron chi connectivity index (χ2n) is 8.46. The number of fused-ring (bicyclic) bond motifs is 1.